The number of nitrogens with one attached hydrogen (secondary N) is 3. The number of hydrogen-bond donors (Lipinski definition) is 3. The lowest BCUT2D eigenvalue weighted by atomic mass is 10.2. The van der Waals surface area contributed by atoms with Crippen molar-refractivity contribution in [3.63, 3.8) is 0 Å². The van der Waals surface area contributed by atoms with Crippen LogP contribution < -0.4 is 16.6 Å². The van der Waals surface area contributed by atoms with Gasteiger partial charge in [0.05, 0.1) is 5.56 Å². The predicted molar refractivity (Wildman–Crippen MR) is 87.2 cm³/mol. The normalized spacial score (nSPS) is 14.0. The molecule has 1 amide bonds. The molecule has 0 aromatic carbocycles. The Balaban J connectivity index is 2.67. The number of H-pyrrole nitrogens is 2. The SMILES string of the molecule is CCCS(=O)C[C@H](C)NC(=O)/C=C/c1c(C)[nH]c(=O)[nH]c1=O. The van der Waals surface area contributed by atoms with Crippen molar-refractivity contribution in [2.45, 2.75) is 33.2 Å². The first-order valence-electron chi connectivity index (χ1n) is 7.00. The summed E-state index contributed by atoms with van der Waals surface area (Å²) < 4.78 is 11.6. The molecule has 0 saturated carbocycles. The Bertz CT molecular complexity index is 690. The number of amides is 1. The number of aryl methyl sites for hydroxylation is 1. The molecule has 22 heavy (non-hydrogen) atoms. The first-order valence-corrected chi connectivity index (χ1v) is 8.49. The summed E-state index contributed by atoms with van der Waals surface area (Å²) in [6.45, 7) is 5.30. The summed E-state index contributed by atoms with van der Waals surface area (Å²) in [6.07, 6.45) is 3.39. The molecule has 0 aliphatic heterocycles. The van der Waals surface area contributed by atoms with Crippen LogP contribution in [0.4, 0.5) is 0 Å². The quantitative estimate of drug-likeness (QED) is 0.614. The van der Waals surface area contributed by atoms with Crippen LogP contribution in [0.1, 0.15) is 31.5 Å². The largest absolute Gasteiger partial charge is 0.349 e. The van der Waals surface area contributed by atoms with E-state index < -0.39 is 22.0 Å². The molecule has 0 radical (unpaired) electrons. The first-order chi connectivity index (χ1) is 10.3. The molecule has 3 N–H and O–H groups in total. The molecule has 0 spiro atoms. The lowest BCUT2D eigenvalue weighted by molar-refractivity contribution is -0.116. The van der Waals surface area contributed by atoms with Gasteiger partial charge < -0.3 is 10.3 Å². The summed E-state index contributed by atoms with van der Waals surface area (Å²) in [5, 5.41) is 2.69. The van der Waals surface area contributed by atoms with E-state index in [0.717, 1.165) is 6.42 Å². The third kappa shape index (κ3) is 5.80. The van der Waals surface area contributed by atoms with E-state index in [4.69, 9.17) is 0 Å². The van der Waals surface area contributed by atoms with Gasteiger partial charge in [0.25, 0.3) is 5.56 Å². The van der Waals surface area contributed by atoms with E-state index in [9.17, 15) is 18.6 Å². The summed E-state index contributed by atoms with van der Waals surface area (Å²) in [5.74, 6) is 0.624. The number of hydrogen-bond acceptors (Lipinski definition) is 4. The van der Waals surface area contributed by atoms with Crippen molar-refractivity contribution in [2.75, 3.05) is 11.5 Å². The Hall–Kier alpha value is -1.96. The molecule has 0 aliphatic rings. The zero-order chi connectivity index (χ0) is 16.7. The molecule has 122 valence electrons. The summed E-state index contributed by atoms with van der Waals surface area (Å²) in [5.41, 5.74) is -0.537. The van der Waals surface area contributed by atoms with Crippen molar-refractivity contribution in [1.29, 1.82) is 0 Å². The predicted octanol–water partition coefficient (Wildman–Crippen LogP) is 0.0482. The smallest absolute Gasteiger partial charge is 0.325 e. The Kier molecular flexibility index (Phi) is 6.97. The lowest BCUT2D eigenvalue weighted by Crippen LogP contribution is -2.35. The van der Waals surface area contributed by atoms with Crippen molar-refractivity contribution in [2.24, 2.45) is 0 Å². The molecule has 1 unspecified atom stereocenters. The molecule has 1 rings (SSSR count). The van der Waals surface area contributed by atoms with E-state index in [1.807, 2.05) is 6.92 Å². The fraction of sp³-hybridized carbons (Fsp3) is 0.500. The maximum Gasteiger partial charge on any atom is 0.325 e. The van der Waals surface area contributed by atoms with Gasteiger partial charge in [-0.2, -0.15) is 0 Å². The number of aromatic nitrogens is 2. The average Bonchev–Trinajstić information content (AvgIpc) is 2.36. The summed E-state index contributed by atoms with van der Waals surface area (Å²) >= 11 is 0. The lowest BCUT2D eigenvalue weighted by Gasteiger charge is -2.11. The highest BCUT2D eigenvalue weighted by atomic mass is 32.2. The van der Waals surface area contributed by atoms with E-state index >= 15 is 0 Å². The minimum atomic E-state index is -0.950. The summed E-state index contributed by atoms with van der Waals surface area (Å²) in [4.78, 5) is 39.0. The first kappa shape index (κ1) is 18.1. The summed E-state index contributed by atoms with van der Waals surface area (Å²) in [6, 6.07) is -0.223. The topological polar surface area (TPSA) is 112 Å². The number of carbonyl (C=O) groups is 1. The zero-order valence-corrected chi connectivity index (χ0v) is 13.7. The van der Waals surface area contributed by atoms with Gasteiger partial charge in [0.2, 0.25) is 5.91 Å². The number of aromatic amines is 2. The third-order valence-electron chi connectivity index (χ3n) is 2.83. The molecule has 0 bridgehead atoms. The maximum absolute atomic E-state index is 11.8. The second-order valence-electron chi connectivity index (χ2n) is 5.00. The molecule has 1 aromatic heterocycles. The number of rotatable bonds is 7. The van der Waals surface area contributed by atoms with Gasteiger partial charge >= 0.3 is 5.69 Å². The number of carbonyl (C=O) groups excluding carboxylic acids is 1. The molecule has 2 atom stereocenters. The standard InChI is InChI=1S/C14H21N3O4S/c1-4-7-22(21)8-9(2)15-12(18)6-5-11-10(3)16-14(20)17-13(11)19/h5-6,9H,4,7-8H2,1-3H3,(H,15,18)(H2,16,17,19,20)/b6-5+/t9-,22?/m0/s1. The van der Waals surface area contributed by atoms with Gasteiger partial charge in [-0.15, -0.1) is 0 Å². The highest BCUT2D eigenvalue weighted by Gasteiger charge is 2.09. The molecule has 0 saturated heterocycles. The zero-order valence-electron chi connectivity index (χ0n) is 12.9. The van der Waals surface area contributed by atoms with Gasteiger partial charge in [-0.3, -0.25) is 18.8 Å². The summed E-state index contributed by atoms with van der Waals surface area (Å²) in [7, 11) is -0.950. The Morgan fingerprint density at radius 1 is 1.36 bits per heavy atom. The van der Waals surface area contributed by atoms with Crippen molar-refractivity contribution in [1.82, 2.24) is 15.3 Å². The van der Waals surface area contributed by atoms with Gasteiger partial charge in [-0.05, 0) is 26.3 Å². The van der Waals surface area contributed by atoms with E-state index in [2.05, 4.69) is 15.3 Å². The van der Waals surface area contributed by atoms with Crippen LogP contribution in [-0.2, 0) is 15.6 Å². The fourth-order valence-corrected chi connectivity index (χ4v) is 3.15. The van der Waals surface area contributed by atoms with Gasteiger partial charge in [0.15, 0.2) is 0 Å². The van der Waals surface area contributed by atoms with Crippen LogP contribution in [0, 0.1) is 6.92 Å². The molecular weight excluding hydrogens is 306 g/mol. The van der Waals surface area contributed by atoms with E-state index in [1.165, 1.54) is 12.2 Å². The van der Waals surface area contributed by atoms with E-state index in [0.29, 0.717) is 17.2 Å². The van der Waals surface area contributed by atoms with Crippen LogP contribution in [0.25, 0.3) is 6.08 Å². The van der Waals surface area contributed by atoms with Gasteiger partial charge in [-0.1, -0.05) is 6.92 Å². The van der Waals surface area contributed by atoms with Crippen LogP contribution in [-0.4, -0.2) is 37.6 Å². The van der Waals surface area contributed by atoms with Crippen molar-refractivity contribution in [3.05, 3.63) is 38.2 Å². The second-order valence-corrected chi connectivity index (χ2v) is 6.62. The van der Waals surface area contributed by atoms with Crippen LogP contribution >= 0.6 is 0 Å². The van der Waals surface area contributed by atoms with Crippen LogP contribution in [0.15, 0.2) is 15.7 Å². The molecule has 0 fully saturated rings. The minimum Gasteiger partial charge on any atom is -0.349 e. The van der Waals surface area contributed by atoms with Crippen LogP contribution in [0.5, 0.6) is 0 Å². The fourth-order valence-electron chi connectivity index (χ4n) is 1.89. The molecule has 1 aromatic rings. The van der Waals surface area contributed by atoms with Crippen molar-refractivity contribution >= 4 is 22.8 Å². The molecule has 0 aliphatic carbocycles. The monoisotopic (exact) mass is 327 g/mol. The Morgan fingerprint density at radius 2 is 2.05 bits per heavy atom. The third-order valence-corrected chi connectivity index (χ3v) is 4.57. The van der Waals surface area contributed by atoms with Crippen molar-refractivity contribution < 1.29 is 9.00 Å². The van der Waals surface area contributed by atoms with Crippen LogP contribution in [0.3, 0.4) is 0 Å². The molecule has 1 heterocycles. The Morgan fingerprint density at radius 3 is 2.64 bits per heavy atom. The van der Waals surface area contributed by atoms with Gasteiger partial charge in [0.1, 0.15) is 0 Å². The maximum atomic E-state index is 11.8. The minimum absolute atomic E-state index is 0.219. The van der Waals surface area contributed by atoms with Crippen LogP contribution in [0.2, 0.25) is 0 Å². The van der Waals surface area contributed by atoms with E-state index in [1.54, 1.807) is 13.8 Å². The van der Waals surface area contributed by atoms with Crippen molar-refractivity contribution in [3.8, 4) is 0 Å². The average molecular weight is 327 g/mol. The Labute approximate surface area is 130 Å². The molecule has 7 nitrogen and oxygen atoms in total. The highest BCUT2D eigenvalue weighted by molar-refractivity contribution is 7.85. The van der Waals surface area contributed by atoms with E-state index in [-0.39, 0.29) is 17.5 Å². The second kappa shape index (κ2) is 8.47. The highest BCUT2D eigenvalue weighted by Crippen LogP contribution is 1.98. The molecule has 8 heteroatoms. The molecular formula is C14H21N3O4S. The van der Waals surface area contributed by atoms with Gasteiger partial charge in [-0.25, -0.2) is 4.79 Å². The van der Waals surface area contributed by atoms with Gasteiger partial charge in [0, 0.05) is 40.1 Å².